The van der Waals surface area contributed by atoms with Crippen LogP contribution >= 0.6 is 0 Å². The second-order valence-corrected chi connectivity index (χ2v) is 5.92. The highest BCUT2D eigenvalue weighted by Crippen LogP contribution is 2.22. The van der Waals surface area contributed by atoms with Crippen molar-refractivity contribution in [3.05, 3.63) is 60.9 Å². The summed E-state index contributed by atoms with van der Waals surface area (Å²) >= 11 is 0. The molecule has 0 unspecified atom stereocenters. The quantitative estimate of drug-likeness (QED) is 0.691. The molecule has 2 heterocycles. The average molecular weight is 334 g/mol. The van der Waals surface area contributed by atoms with E-state index < -0.39 is 0 Å². The lowest BCUT2D eigenvalue weighted by Crippen LogP contribution is -2.21. The Kier molecular flexibility index (Phi) is 5.53. The van der Waals surface area contributed by atoms with Gasteiger partial charge >= 0.3 is 0 Å². The van der Waals surface area contributed by atoms with Crippen molar-refractivity contribution in [3.8, 4) is 11.3 Å². The molecule has 2 N–H and O–H groups in total. The molecule has 128 valence electrons. The third kappa shape index (κ3) is 4.99. The summed E-state index contributed by atoms with van der Waals surface area (Å²) in [5.74, 6) is 1.34. The highest BCUT2D eigenvalue weighted by Gasteiger charge is 2.07. The summed E-state index contributed by atoms with van der Waals surface area (Å²) in [6.45, 7) is 1.68. The van der Waals surface area contributed by atoms with Crippen molar-refractivity contribution >= 4 is 17.5 Å². The van der Waals surface area contributed by atoms with Gasteiger partial charge in [0.05, 0.1) is 5.69 Å². The Balaban J connectivity index is 1.87. The Bertz CT molecular complexity index is 790. The van der Waals surface area contributed by atoms with Crippen LogP contribution in [0.15, 0.2) is 60.9 Å². The van der Waals surface area contributed by atoms with E-state index in [0.29, 0.717) is 5.95 Å². The molecule has 0 saturated heterocycles. The molecule has 0 saturated carbocycles. The van der Waals surface area contributed by atoms with Crippen LogP contribution in [0.1, 0.15) is 0 Å². The lowest BCUT2D eigenvalue weighted by molar-refractivity contribution is 0.425. The lowest BCUT2D eigenvalue weighted by atomic mass is 10.2. The van der Waals surface area contributed by atoms with Gasteiger partial charge in [0.25, 0.3) is 0 Å². The van der Waals surface area contributed by atoms with E-state index in [1.165, 1.54) is 0 Å². The van der Waals surface area contributed by atoms with Crippen molar-refractivity contribution < 1.29 is 0 Å². The molecule has 0 amide bonds. The molecule has 0 spiro atoms. The minimum absolute atomic E-state index is 0.599. The molecule has 6 heteroatoms. The van der Waals surface area contributed by atoms with Crippen LogP contribution in [0.3, 0.4) is 0 Å². The molecule has 0 aliphatic heterocycles. The smallest absolute Gasteiger partial charge is 0.225 e. The summed E-state index contributed by atoms with van der Waals surface area (Å²) in [6, 6.07) is 15.8. The fourth-order valence-corrected chi connectivity index (χ4v) is 2.31. The average Bonchev–Trinajstić information content (AvgIpc) is 2.63. The first-order chi connectivity index (χ1) is 12.2. The number of hydrogen-bond donors (Lipinski definition) is 2. The van der Waals surface area contributed by atoms with Gasteiger partial charge in [-0.3, -0.25) is 4.98 Å². The first-order valence-electron chi connectivity index (χ1n) is 8.21. The molecule has 25 heavy (non-hydrogen) atoms. The monoisotopic (exact) mass is 334 g/mol. The number of likely N-dealkylation sites (N-methyl/N-ethyl adjacent to an activating group) is 1. The van der Waals surface area contributed by atoms with Gasteiger partial charge in [-0.2, -0.15) is 4.98 Å². The van der Waals surface area contributed by atoms with Crippen molar-refractivity contribution in [2.45, 2.75) is 0 Å². The van der Waals surface area contributed by atoms with E-state index in [1.54, 1.807) is 12.4 Å². The van der Waals surface area contributed by atoms with E-state index in [1.807, 2.05) is 62.6 Å². The zero-order valence-electron chi connectivity index (χ0n) is 14.5. The summed E-state index contributed by atoms with van der Waals surface area (Å²) < 4.78 is 0. The fraction of sp³-hybridized carbons (Fsp3) is 0.211. The minimum atomic E-state index is 0.599. The van der Waals surface area contributed by atoms with Gasteiger partial charge in [0.2, 0.25) is 5.95 Å². The van der Waals surface area contributed by atoms with Crippen LogP contribution in [0, 0.1) is 0 Å². The third-order valence-electron chi connectivity index (χ3n) is 3.57. The Morgan fingerprint density at radius 1 is 1.00 bits per heavy atom. The molecule has 3 aromatic rings. The van der Waals surface area contributed by atoms with E-state index in [-0.39, 0.29) is 0 Å². The molecule has 0 bridgehead atoms. The molecule has 1 aromatic carbocycles. The number of anilines is 3. The van der Waals surface area contributed by atoms with Crippen LogP contribution in [-0.2, 0) is 0 Å². The normalized spacial score (nSPS) is 10.7. The van der Waals surface area contributed by atoms with Crippen molar-refractivity contribution in [1.82, 2.24) is 19.9 Å². The maximum Gasteiger partial charge on any atom is 0.225 e. The van der Waals surface area contributed by atoms with Gasteiger partial charge in [-0.05, 0) is 38.4 Å². The molecule has 0 atom stereocenters. The summed E-state index contributed by atoms with van der Waals surface area (Å²) in [5.41, 5.74) is 2.77. The summed E-state index contributed by atoms with van der Waals surface area (Å²) in [7, 11) is 4.08. The molecule has 0 fully saturated rings. The second kappa shape index (κ2) is 8.21. The van der Waals surface area contributed by atoms with E-state index in [9.17, 15) is 0 Å². The number of hydrogen-bond acceptors (Lipinski definition) is 6. The Hall–Kier alpha value is -2.99. The highest BCUT2D eigenvalue weighted by molar-refractivity contribution is 5.66. The zero-order valence-corrected chi connectivity index (χ0v) is 14.5. The number of pyridine rings is 1. The van der Waals surface area contributed by atoms with Crippen molar-refractivity contribution in [1.29, 1.82) is 0 Å². The number of nitrogens with zero attached hydrogens (tertiary/aromatic N) is 4. The fourth-order valence-electron chi connectivity index (χ4n) is 2.31. The molecule has 3 rings (SSSR count). The standard InChI is InChI=1S/C19H22N6/c1-25(2)12-11-21-19-23-17(15-7-6-10-20-14-15)13-18(24-19)22-16-8-4-3-5-9-16/h3-10,13-14H,11-12H2,1-2H3,(H2,21,22,23,24). The topological polar surface area (TPSA) is 66.0 Å². The summed E-state index contributed by atoms with van der Waals surface area (Å²) in [6.07, 6.45) is 3.56. The van der Waals surface area contributed by atoms with Gasteiger partial charge < -0.3 is 15.5 Å². The van der Waals surface area contributed by atoms with Gasteiger partial charge in [-0.25, -0.2) is 4.98 Å². The second-order valence-electron chi connectivity index (χ2n) is 5.92. The minimum Gasteiger partial charge on any atom is -0.353 e. The molecule has 6 nitrogen and oxygen atoms in total. The van der Waals surface area contributed by atoms with Gasteiger partial charge in [-0.1, -0.05) is 18.2 Å². The van der Waals surface area contributed by atoms with E-state index in [0.717, 1.165) is 35.9 Å². The van der Waals surface area contributed by atoms with Gasteiger partial charge in [-0.15, -0.1) is 0 Å². The van der Waals surface area contributed by atoms with Gasteiger partial charge in [0.15, 0.2) is 0 Å². The van der Waals surface area contributed by atoms with E-state index in [2.05, 4.69) is 30.5 Å². The highest BCUT2D eigenvalue weighted by atomic mass is 15.2. The van der Waals surface area contributed by atoms with E-state index in [4.69, 9.17) is 0 Å². The predicted molar refractivity (Wildman–Crippen MR) is 102 cm³/mol. The molecular formula is C19H22N6. The number of aromatic nitrogens is 3. The molecule has 0 aliphatic rings. The molecule has 0 aliphatic carbocycles. The van der Waals surface area contributed by atoms with Gasteiger partial charge in [0, 0.05) is 42.8 Å². The SMILES string of the molecule is CN(C)CCNc1nc(Nc2ccccc2)cc(-c2cccnc2)n1. The Morgan fingerprint density at radius 3 is 2.56 bits per heavy atom. The third-order valence-corrected chi connectivity index (χ3v) is 3.57. The largest absolute Gasteiger partial charge is 0.353 e. The maximum atomic E-state index is 4.62. The summed E-state index contributed by atoms with van der Waals surface area (Å²) in [5, 5.41) is 6.62. The molecule has 0 radical (unpaired) electrons. The number of benzene rings is 1. The van der Waals surface area contributed by atoms with Crippen LogP contribution in [0.2, 0.25) is 0 Å². The van der Waals surface area contributed by atoms with Crippen LogP contribution in [-0.4, -0.2) is 47.0 Å². The molecular weight excluding hydrogens is 312 g/mol. The van der Waals surface area contributed by atoms with Crippen molar-refractivity contribution in [2.24, 2.45) is 0 Å². The van der Waals surface area contributed by atoms with Crippen LogP contribution in [0.4, 0.5) is 17.5 Å². The van der Waals surface area contributed by atoms with Crippen LogP contribution in [0.5, 0.6) is 0 Å². The number of para-hydroxylation sites is 1. The first-order valence-corrected chi connectivity index (χ1v) is 8.21. The van der Waals surface area contributed by atoms with Gasteiger partial charge in [0.1, 0.15) is 5.82 Å². The maximum absolute atomic E-state index is 4.62. The Labute approximate surface area is 148 Å². The lowest BCUT2D eigenvalue weighted by Gasteiger charge is -2.13. The summed E-state index contributed by atoms with van der Waals surface area (Å²) in [4.78, 5) is 15.5. The zero-order chi connectivity index (χ0) is 17.5. The predicted octanol–water partition coefficient (Wildman–Crippen LogP) is 3.26. The number of nitrogens with one attached hydrogen (secondary N) is 2. The number of rotatable bonds is 7. The van der Waals surface area contributed by atoms with Crippen LogP contribution < -0.4 is 10.6 Å². The van der Waals surface area contributed by atoms with E-state index >= 15 is 0 Å². The van der Waals surface area contributed by atoms with Crippen LogP contribution in [0.25, 0.3) is 11.3 Å². The van der Waals surface area contributed by atoms with Crippen molar-refractivity contribution in [3.63, 3.8) is 0 Å². The van der Waals surface area contributed by atoms with Crippen molar-refractivity contribution in [2.75, 3.05) is 37.8 Å². The first kappa shape index (κ1) is 16.9. The Morgan fingerprint density at radius 2 is 1.84 bits per heavy atom. The molecule has 2 aromatic heterocycles.